The molecule has 0 saturated carbocycles. The highest BCUT2D eigenvalue weighted by molar-refractivity contribution is 6.31. The smallest absolute Gasteiger partial charge is 0.194 e. The van der Waals surface area contributed by atoms with Gasteiger partial charge in [-0.2, -0.15) is 0 Å². The number of anilines is 1. The number of nitrogens with zero attached hydrogens (tertiary/aromatic N) is 1. The second-order valence-electron chi connectivity index (χ2n) is 9.71. The van der Waals surface area contributed by atoms with Crippen LogP contribution < -0.4 is 14.8 Å². The maximum absolute atomic E-state index is 14.0. The van der Waals surface area contributed by atoms with E-state index in [1.165, 1.54) is 26.8 Å². The number of rotatable bonds is 4. The number of hydrogen-bond acceptors (Lipinski definition) is 9. The van der Waals surface area contributed by atoms with Gasteiger partial charge in [-0.25, -0.2) is 0 Å². The van der Waals surface area contributed by atoms with Crippen molar-refractivity contribution in [3.63, 3.8) is 0 Å². The number of phenols is 2. The molecule has 38 heavy (non-hydrogen) atoms. The van der Waals surface area contributed by atoms with Crippen molar-refractivity contribution in [1.82, 2.24) is 4.98 Å². The maximum atomic E-state index is 14.0. The summed E-state index contributed by atoms with van der Waals surface area (Å²) in [5.41, 5.74) is 0.685. The van der Waals surface area contributed by atoms with Gasteiger partial charge in [0.15, 0.2) is 17.3 Å². The number of benzene rings is 2. The number of aromatic hydroxyl groups is 2. The summed E-state index contributed by atoms with van der Waals surface area (Å²) in [6.45, 7) is 7.70. The summed E-state index contributed by atoms with van der Waals surface area (Å²) >= 11 is 0. The van der Waals surface area contributed by atoms with Crippen LogP contribution in [0.5, 0.6) is 23.0 Å². The molecule has 194 valence electrons. The van der Waals surface area contributed by atoms with Crippen LogP contribution in [0.4, 0.5) is 5.69 Å². The molecule has 0 radical (unpaired) electrons. The highest BCUT2D eigenvalue weighted by atomic mass is 16.5. The van der Waals surface area contributed by atoms with E-state index in [4.69, 9.17) is 9.47 Å². The van der Waals surface area contributed by atoms with Gasteiger partial charge in [-0.1, -0.05) is 0 Å². The highest BCUT2D eigenvalue weighted by Gasteiger charge is 2.56. The Bertz CT molecular complexity index is 1680. The zero-order valence-electron chi connectivity index (χ0n) is 21.8. The van der Waals surface area contributed by atoms with Crippen molar-refractivity contribution in [3.8, 4) is 23.0 Å². The first kappa shape index (κ1) is 25.0. The van der Waals surface area contributed by atoms with E-state index >= 15 is 0 Å². The van der Waals surface area contributed by atoms with Crippen LogP contribution in [-0.4, -0.2) is 39.7 Å². The molecule has 0 unspecified atom stereocenters. The first-order valence-electron chi connectivity index (χ1n) is 11.9. The molecule has 1 aliphatic heterocycles. The van der Waals surface area contributed by atoms with Gasteiger partial charge in [0.05, 0.1) is 23.8 Å². The van der Waals surface area contributed by atoms with E-state index < -0.39 is 28.5 Å². The Morgan fingerprint density at radius 2 is 1.82 bits per heavy atom. The van der Waals surface area contributed by atoms with Crippen LogP contribution in [0.25, 0.3) is 10.9 Å². The summed E-state index contributed by atoms with van der Waals surface area (Å²) in [5, 5.41) is 25.4. The van der Waals surface area contributed by atoms with Gasteiger partial charge in [0, 0.05) is 40.2 Å². The predicted molar refractivity (Wildman–Crippen MR) is 140 cm³/mol. The molecule has 1 atom stereocenters. The molecule has 1 aromatic heterocycles. The second kappa shape index (κ2) is 8.44. The van der Waals surface area contributed by atoms with Crippen LogP contribution >= 0.6 is 0 Å². The number of nitrogens with one attached hydrogen (secondary N) is 1. The monoisotopic (exact) mass is 514 g/mol. The Balaban J connectivity index is 1.63. The number of allylic oxidation sites excluding steroid dienone is 4. The molecule has 2 heterocycles. The second-order valence-corrected chi connectivity index (χ2v) is 9.71. The Morgan fingerprint density at radius 3 is 2.47 bits per heavy atom. The number of ketones is 3. The number of ether oxygens (including phenoxy) is 2. The minimum Gasteiger partial charge on any atom is -0.507 e. The Labute approximate surface area is 218 Å². The topological polar surface area (TPSA) is 135 Å². The minimum absolute atomic E-state index is 0.0151. The molecule has 3 N–H and O–H groups in total. The fourth-order valence-electron chi connectivity index (χ4n) is 5.21. The normalized spacial score (nSPS) is 19.5. The fourth-order valence-corrected chi connectivity index (χ4v) is 5.21. The summed E-state index contributed by atoms with van der Waals surface area (Å²) in [6, 6.07) is 7.23. The molecule has 3 aromatic rings. The van der Waals surface area contributed by atoms with Crippen LogP contribution in [0.15, 0.2) is 47.4 Å². The number of carbonyl (C=O) groups excluding carboxylic acids is 3. The van der Waals surface area contributed by atoms with E-state index in [2.05, 4.69) is 10.3 Å². The van der Waals surface area contributed by atoms with Crippen LogP contribution in [0, 0.1) is 13.8 Å². The number of aryl methyl sites for hydroxylation is 1. The number of carbonyl (C=O) groups is 3. The third kappa shape index (κ3) is 3.38. The Hall–Kier alpha value is -4.66. The van der Waals surface area contributed by atoms with Gasteiger partial charge in [-0.3, -0.25) is 19.4 Å². The van der Waals surface area contributed by atoms with Gasteiger partial charge in [0.1, 0.15) is 39.7 Å². The standard InChI is InChI=1S/C29H26N2O7/c1-12-9-20(37-6)17-10-16(7-8-18(17)30-12)31-14(3)22-19(33)11-21-29(5,28(22)36)24-26(35)13(2)25(34)23(15(4)32)27(24)38-21/h7-11,31,34-35H,1-6H3/b22-14+/t29-/m0/s1. The third-order valence-electron chi connectivity index (χ3n) is 7.21. The number of hydrogen-bond donors (Lipinski definition) is 3. The average molecular weight is 515 g/mol. The van der Waals surface area contributed by atoms with Crippen molar-refractivity contribution in [2.24, 2.45) is 0 Å². The number of pyridine rings is 1. The number of aromatic nitrogens is 1. The average Bonchev–Trinajstić information content (AvgIpc) is 3.15. The lowest BCUT2D eigenvalue weighted by Crippen LogP contribution is -2.40. The quantitative estimate of drug-likeness (QED) is 0.260. The van der Waals surface area contributed by atoms with E-state index in [1.807, 2.05) is 25.1 Å². The van der Waals surface area contributed by atoms with Gasteiger partial charge >= 0.3 is 0 Å². The summed E-state index contributed by atoms with van der Waals surface area (Å²) in [4.78, 5) is 44.0. The Kier molecular flexibility index (Phi) is 5.56. The largest absolute Gasteiger partial charge is 0.507 e. The zero-order chi connectivity index (χ0) is 27.7. The van der Waals surface area contributed by atoms with Gasteiger partial charge in [-0.05, 0) is 52.8 Å². The molecule has 1 aliphatic carbocycles. The van der Waals surface area contributed by atoms with Gasteiger partial charge in [0.25, 0.3) is 0 Å². The molecule has 9 heteroatoms. The number of phenolic OH excluding ortho intramolecular Hbond substituents is 2. The third-order valence-corrected chi connectivity index (χ3v) is 7.21. The summed E-state index contributed by atoms with van der Waals surface area (Å²) < 4.78 is 11.3. The molecular weight excluding hydrogens is 488 g/mol. The summed E-state index contributed by atoms with van der Waals surface area (Å²) in [5.74, 6) is -1.99. The van der Waals surface area contributed by atoms with Crippen molar-refractivity contribution in [2.75, 3.05) is 12.4 Å². The lowest BCUT2D eigenvalue weighted by molar-refractivity contribution is -0.123. The van der Waals surface area contributed by atoms with E-state index in [0.29, 0.717) is 17.1 Å². The molecule has 0 spiro atoms. The van der Waals surface area contributed by atoms with E-state index in [0.717, 1.165) is 16.6 Å². The lowest BCUT2D eigenvalue weighted by Gasteiger charge is -2.29. The molecule has 5 rings (SSSR count). The lowest BCUT2D eigenvalue weighted by atomic mass is 9.70. The number of methoxy groups -OCH3 is 1. The van der Waals surface area contributed by atoms with Crippen molar-refractivity contribution in [2.45, 2.75) is 40.0 Å². The number of Topliss-reactive ketones (excluding diaryl/α,β-unsaturated/α-hetero) is 2. The molecule has 0 fully saturated rings. The molecule has 2 aliphatic rings. The fraction of sp³-hybridized carbons (Fsp3) is 0.241. The van der Waals surface area contributed by atoms with Crippen molar-refractivity contribution in [3.05, 3.63) is 69.8 Å². The first-order chi connectivity index (χ1) is 17.9. The van der Waals surface area contributed by atoms with Crippen molar-refractivity contribution >= 4 is 33.9 Å². The molecule has 2 aromatic carbocycles. The molecule has 9 nitrogen and oxygen atoms in total. The van der Waals surface area contributed by atoms with Crippen molar-refractivity contribution in [1.29, 1.82) is 0 Å². The van der Waals surface area contributed by atoms with Crippen LogP contribution in [0.2, 0.25) is 0 Å². The highest BCUT2D eigenvalue weighted by Crippen LogP contribution is 2.57. The first-order valence-corrected chi connectivity index (χ1v) is 11.9. The number of fused-ring (bicyclic) bond motifs is 4. The summed E-state index contributed by atoms with van der Waals surface area (Å²) in [7, 11) is 1.57. The maximum Gasteiger partial charge on any atom is 0.194 e. The van der Waals surface area contributed by atoms with E-state index in [9.17, 15) is 24.6 Å². The predicted octanol–water partition coefficient (Wildman–Crippen LogP) is 4.55. The Morgan fingerprint density at radius 1 is 1.11 bits per heavy atom. The van der Waals surface area contributed by atoms with Crippen LogP contribution in [0.3, 0.4) is 0 Å². The summed E-state index contributed by atoms with van der Waals surface area (Å²) in [6.07, 6.45) is 1.19. The van der Waals surface area contributed by atoms with E-state index in [1.54, 1.807) is 20.1 Å². The van der Waals surface area contributed by atoms with Gasteiger partial charge < -0.3 is 25.0 Å². The van der Waals surface area contributed by atoms with Crippen LogP contribution in [0.1, 0.15) is 48.0 Å². The van der Waals surface area contributed by atoms with Crippen molar-refractivity contribution < 1.29 is 34.1 Å². The SMILES string of the molecule is COc1cc(C)nc2ccc(N/C(C)=C3\C(=O)C=C4Oc5c(C(C)=O)c(O)c(C)c(O)c5[C@@]4(C)C3=O)cc12. The van der Waals surface area contributed by atoms with Crippen LogP contribution in [-0.2, 0) is 15.0 Å². The molecule has 0 amide bonds. The minimum atomic E-state index is -1.58. The van der Waals surface area contributed by atoms with E-state index in [-0.39, 0.29) is 39.5 Å². The molecule has 0 bridgehead atoms. The van der Waals surface area contributed by atoms with Gasteiger partial charge in [-0.15, -0.1) is 0 Å². The zero-order valence-corrected chi connectivity index (χ0v) is 21.8. The molecule has 0 saturated heterocycles. The molecular formula is C29H26N2O7. The van der Waals surface area contributed by atoms with Gasteiger partial charge in [0.2, 0.25) is 0 Å².